The van der Waals surface area contributed by atoms with E-state index < -0.39 is 11.9 Å². The van der Waals surface area contributed by atoms with Crippen molar-refractivity contribution in [1.82, 2.24) is 25.3 Å². The lowest BCUT2D eigenvalue weighted by Crippen LogP contribution is -2.29. The number of halogens is 3. The molecule has 0 saturated heterocycles. The molecule has 0 unspecified atom stereocenters. The Bertz CT molecular complexity index is 684. The summed E-state index contributed by atoms with van der Waals surface area (Å²) < 4.78 is 39.6. The van der Waals surface area contributed by atoms with Crippen molar-refractivity contribution >= 4 is 0 Å². The number of aryl methyl sites for hydroxylation is 1. The highest BCUT2D eigenvalue weighted by Gasteiger charge is 2.38. The number of fused-ring (bicyclic) bond motifs is 1. The van der Waals surface area contributed by atoms with Crippen LogP contribution >= 0.6 is 0 Å². The van der Waals surface area contributed by atoms with Crippen molar-refractivity contribution in [2.75, 3.05) is 6.54 Å². The summed E-state index contributed by atoms with van der Waals surface area (Å²) >= 11 is 0. The highest BCUT2D eigenvalue weighted by atomic mass is 19.4. The van der Waals surface area contributed by atoms with E-state index in [0.717, 1.165) is 0 Å². The summed E-state index contributed by atoms with van der Waals surface area (Å²) in [4.78, 5) is 16.0. The summed E-state index contributed by atoms with van der Waals surface area (Å²) in [7, 11) is 0. The minimum Gasteiger partial charge on any atom is -0.311 e. The molecule has 1 aliphatic heterocycles. The van der Waals surface area contributed by atoms with E-state index in [2.05, 4.69) is 25.3 Å². The summed E-state index contributed by atoms with van der Waals surface area (Å²) in [5, 5.41) is 3.02. The van der Waals surface area contributed by atoms with Gasteiger partial charge in [-0.25, -0.2) is 19.9 Å². The fourth-order valence-electron chi connectivity index (χ4n) is 2.29. The molecule has 0 atom stereocenters. The van der Waals surface area contributed by atoms with Gasteiger partial charge in [-0.15, -0.1) is 0 Å². The van der Waals surface area contributed by atoms with Crippen LogP contribution in [0, 0.1) is 6.92 Å². The van der Waals surface area contributed by atoms with Gasteiger partial charge < -0.3 is 5.32 Å². The van der Waals surface area contributed by atoms with Gasteiger partial charge in [0.05, 0.1) is 5.69 Å². The second-order valence-corrected chi connectivity index (χ2v) is 4.73. The van der Waals surface area contributed by atoms with E-state index in [-0.39, 0.29) is 17.8 Å². The second-order valence-electron chi connectivity index (χ2n) is 4.73. The van der Waals surface area contributed by atoms with E-state index in [9.17, 15) is 13.2 Å². The lowest BCUT2D eigenvalue weighted by atomic mass is 10.0. The second kappa shape index (κ2) is 5.03. The van der Waals surface area contributed by atoms with Crippen molar-refractivity contribution in [2.45, 2.75) is 26.1 Å². The molecule has 21 heavy (non-hydrogen) atoms. The zero-order valence-corrected chi connectivity index (χ0v) is 11.2. The molecule has 1 N–H and O–H groups in total. The fourth-order valence-corrected chi connectivity index (χ4v) is 2.29. The Kier molecular flexibility index (Phi) is 3.32. The third kappa shape index (κ3) is 2.71. The van der Waals surface area contributed by atoms with Gasteiger partial charge in [0.1, 0.15) is 11.5 Å². The molecule has 0 fully saturated rings. The number of nitrogens with one attached hydrogen (secondary N) is 1. The lowest BCUT2D eigenvalue weighted by molar-refractivity contribution is -0.142. The SMILES string of the molecule is Cc1nccc(-c2nc3c(c(C(F)(F)F)n2)CCNC3)n1. The fraction of sp³-hybridized carbons (Fsp3) is 0.385. The molecule has 8 heteroatoms. The van der Waals surface area contributed by atoms with Crippen LogP contribution in [0.2, 0.25) is 0 Å². The number of alkyl halides is 3. The highest BCUT2D eigenvalue weighted by molar-refractivity contribution is 5.50. The van der Waals surface area contributed by atoms with Crippen molar-refractivity contribution in [3.05, 3.63) is 35.0 Å². The van der Waals surface area contributed by atoms with Gasteiger partial charge >= 0.3 is 6.18 Å². The monoisotopic (exact) mass is 295 g/mol. The van der Waals surface area contributed by atoms with Crippen LogP contribution in [0.5, 0.6) is 0 Å². The number of hydrogen-bond donors (Lipinski definition) is 1. The minimum atomic E-state index is -4.50. The summed E-state index contributed by atoms with van der Waals surface area (Å²) in [5.74, 6) is 0.441. The van der Waals surface area contributed by atoms with Gasteiger partial charge in [-0.1, -0.05) is 0 Å². The Hall–Kier alpha value is -2.09. The number of aromatic nitrogens is 4. The van der Waals surface area contributed by atoms with E-state index in [0.29, 0.717) is 30.3 Å². The average molecular weight is 295 g/mol. The molecule has 0 saturated carbocycles. The summed E-state index contributed by atoms with van der Waals surface area (Å²) in [6.45, 7) is 2.46. The molecular weight excluding hydrogens is 283 g/mol. The smallest absolute Gasteiger partial charge is 0.311 e. The summed E-state index contributed by atoms with van der Waals surface area (Å²) in [5.41, 5.74) is -0.00717. The molecule has 2 aromatic rings. The molecule has 0 aromatic carbocycles. The first kappa shape index (κ1) is 13.9. The Morgan fingerprint density at radius 3 is 2.71 bits per heavy atom. The number of hydrogen-bond acceptors (Lipinski definition) is 5. The first-order valence-corrected chi connectivity index (χ1v) is 6.43. The molecule has 5 nitrogen and oxygen atoms in total. The van der Waals surface area contributed by atoms with E-state index in [1.165, 1.54) is 12.3 Å². The Morgan fingerprint density at radius 1 is 1.19 bits per heavy atom. The molecule has 0 aliphatic carbocycles. The van der Waals surface area contributed by atoms with Gasteiger partial charge in [0.15, 0.2) is 11.5 Å². The van der Waals surface area contributed by atoms with Crippen LogP contribution in [-0.2, 0) is 19.1 Å². The van der Waals surface area contributed by atoms with Crippen LogP contribution in [-0.4, -0.2) is 26.5 Å². The standard InChI is InChI=1S/C13H12F3N5/c1-7-18-5-3-9(19-7)12-20-10-6-17-4-2-8(10)11(21-12)13(14,15)16/h3,5,17H,2,4,6H2,1H3. The maximum Gasteiger partial charge on any atom is 0.433 e. The van der Waals surface area contributed by atoms with Crippen molar-refractivity contribution in [3.63, 3.8) is 0 Å². The average Bonchev–Trinajstić information content (AvgIpc) is 2.45. The molecule has 0 bridgehead atoms. The Balaban J connectivity index is 2.19. The normalized spacial score (nSPS) is 14.9. The zero-order valence-electron chi connectivity index (χ0n) is 11.2. The van der Waals surface area contributed by atoms with Gasteiger partial charge in [0, 0.05) is 18.3 Å². The Labute approximate surface area is 118 Å². The minimum absolute atomic E-state index is 0.0183. The van der Waals surface area contributed by atoms with E-state index in [1.807, 2.05) is 0 Å². The Morgan fingerprint density at radius 2 is 2.00 bits per heavy atom. The molecule has 2 aromatic heterocycles. The predicted octanol–water partition coefficient (Wildman–Crippen LogP) is 1.91. The lowest BCUT2D eigenvalue weighted by Gasteiger charge is -2.21. The quantitative estimate of drug-likeness (QED) is 0.870. The molecule has 1 aliphatic rings. The van der Waals surface area contributed by atoms with Crippen molar-refractivity contribution in [3.8, 4) is 11.5 Å². The van der Waals surface area contributed by atoms with Crippen molar-refractivity contribution in [1.29, 1.82) is 0 Å². The first-order valence-electron chi connectivity index (χ1n) is 6.43. The summed E-state index contributed by atoms with van der Waals surface area (Å²) in [6, 6.07) is 1.51. The van der Waals surface area contributed by atoms with Gasteiger partial charge in [0.2, 0.25) is 0 Å². The number of rotatable bonds is 1. The third-order valence-electron chi connectivity index (χ3n) is 3.21. The van der Waals surface area contributed by atoms with Gasteiger partial charge in [0.25, 0.3) is 0 Å². The molecular formula is C13H12F3N5. The molecule has 110 valence electrons. The van der Waals surface area contributed by atoms with Gasteiger partial charge in [-0.05, 0) is 26.0 Å². The molecule has 0 spiro atoms. The summed E-state index contributed by atoms with van der Waals surface area (Å²) in [6.07, 6.45) is -2.75. The van der Waals surface area contributed by atoms with Crippen molar-refractivity contribution < 1.29 is 13.2 Å². The van der Waals surface area contributed by atoms with Crippen molar-refractivity contribution in [2.24, 2.45) is 0 Å². The molecule has 3 heterocycles. The van der Waals surface area contributed by atoms with Crippen LogP contribution in [0.3, 0.4) is 0 Å². The first-order chi connectivity index (χ1) is 9.95. The topological polar surface area (TPSA) is 63.6 Å². The van der Waals surface area contributed by atoms with E-state index in [4.69, 9.17) is 0 Å². The zero-order chi connectivity index (χ0) is 15.0. The largest absolute Gasteiger partial charge is 0.433 e. The van der Waals surface area contributed by atoms with Crippen LogP contribution in [0.4, 0.5) is 13.2 Å². The molecule has 3 rings (SSSR count). The highest BCUT2D eigenvalue weighted by Crippen LogP contribution is 2.33. The van der Waals surface area contributed by atoms with E-state index in [1.54, 1.807) is 6.92 Å². The molecule has 0 amide bonds. The van der Waals surface area contributed by atoms with Crippen LogP contribution < -0.4 is 5.32 Å². The van der Waals surface area contributed by atoms with Crippen LogP contribution in [0.15, 0.2) is 12.3 Å². The maximum atomic E-state index is 13.2. The predicted molar refractivity (Wildman–Crippen MR) is 68.2 cm³/mol. The van der Waals surface area contributed by atoms with Gasteiger partial charge in [-0.2, -0.15) is 13.2 Å². The van der Waals surface area contributed by atoms with Gasteiger partial charge in [-0.3, -0.25) is 0 Å². The number of nitrogens with zero attached hydrogens (tertiary/aromatic N) is 4. The maximum absolute atomic E-state index is 13.2. The third-order valence-corrected chi connectivity index (χ3v) is 3.21. The molecule has 0 radical (unpaired) electrons. The van der Waals surface area contributed by atoms with E-state index >= 15 is 0 Å². The van der Waals surface area contributed by atoms with Crippen LogP contribution in [0.25, 0.3) is 11.5 Å². The van der Waals surface area contributed by atoms with Crippen LogP contribution in [0.1, 0.15) is 22.8 Å².